The van der Waals surface area contributed by atoms with Crippen molar-refractivity contribution in [1.82, 2.24) is 29.3 Å². The highest BCUT2D eigenvalue weighted by molar-refractivity contribution is 5.98. The Labute approximate surface area is 203 Å². The topological polar surface area (TPSA) is 114 Å². The summed E-state index contributed by atoms with van der Waals surface area (Å²) >= 11 is 0. The minimum Gasteiger partial charge on any atom is -0.494 e. The van der Waals surface area contributed by atoms with Crippen LogP contribution in [0.1, 0.15) is 31.1 Å². The van der Waals surface area contributed by atoms with Crippen molar-refractivity contribution in [2.24, 2.45) is 0 Å². The molecule has 0 unspecified atom stereocenters. The van der Waals surface area contributed by atoms with Gasteiger partial charge in [-0.1, -0.05) is 6.07 Å². The zero-order valence-corrected chi connectivity index (χ0v) is 19.3. The Morgan fingerprint density at radius 1 is 1.11 bits per heavy atom. The summed E-state index contributed by atoms with van der Waals surface area (Å²) < 4.78 is 37.2. The van der Waals surface area contributed by atoms with Crippen LogP contribution in [-0.4, -0.2) is 36.4 Å². The highest BCUT2D eigenvalue weighted by atomic mass is 19.1. The first-order valence-electron chi connectivity index (χ1n) is 11.5. The molecule has 1 aliphatic carbocycles. The van der Waals surface area contributed by atoms with Gasteiger partial charge in [0.1, 0.15) is 41.4 Å². The van der Waals surface area contributed by atoms with Gasteiger partial charge < -0.3 is 10.5 Å². The number of ether oxygens (including phenoxy) is 1. The van der Waals surface area contributed by atoms with Crippen LogP contribution in [0.2, 0.25) is 0 Å². The Bertz CT molecular complexity index is 1710. The predicted molar refractivity (Wildman–Crippen MR) is 130 cm³/mol. The minimum atomic E-state index is -0.599. The maximum atomic E-state index is 14.6. The van der Waals surface area contributed by atoms with Gasteiger partial charge in [-0.2, -0.15) is 5.10 Å². The lowest BCUT2D eigenvalue weighted by molar-refractivity contribution is 0.294. The molecule has 36 heavy (non-hydrogen) atoms. The average molecular weight is 489 g/mol. The molecular formula is C25H21F2N7O2. The third-order valence-electron chi connectivity index (χ3n) is 6.67. The molecule has 11 heteroatoms. The van der Waals surface area contributed by atoms with Gasteiger partial charge in [0.15, 0.2) is 17.2 Å². The van der Waals surface area contributed by atoms with Crippen molar-refractivity contribution in [1.29, 1.82) is 0 Å². The molecule has 0 spiro atoms. The van der Waals surface area contributed by atoms with Gasteiger partial charge in [0.2, 0.25) is 0 Å². The van der Waals surface area contributed by atoms with Crippen molar-refractivity contribution in [3.05, 3.63) is 70.5 Å². The summed E-state index contributed by atoms with van der Waals surface area (Å²) in [5, 5.41) is 5.10. The van der Waals surface area contributed by atoms with Gasteiger partial charge in [-0.25, -0.2) is 28.4 Å². The zero-order valence-electron chi connectivity index (χ0n) is 19.3. The second-order valence-corrected chi connectivity index (χ2v) is 8.73. The van der Waals surface area contributed by atoms with E-state index in [0.29, 0.717) is 28.1 Å². The van der Waals surface area contributed by atoms with Crippen molar-refractivity contribution >= 4 is 27.8 Å². The summed E-state index contributed by atoms with van der Waals surface area (Å²) in [4.78, 5) is 26.5. The number of fused-ring (bicyclic) bond motifs is 2. The molecule has 0 atom stereocenters. The molecule has 0 radical (unpaired) electrons. The lowest BCUT2D eigenvalue weighted by Crippen LogP contribution is -2.34. The second-order valence-electron chi connectivity index (χ2n) is 8.73. The van der Waals surface area contributed by atoms with E-state index in [2.05, 4.69) is 20.1 Å². The van der Waals surface area contributed by atoms with Crippen molar-refractivity contribution in [2.75, 3.05) is 12.8 Å². The van der Waals surface area contributed by atoms with Gasteiger partial charge >= 0.3 is 0 Å². The number of methoxy groups -OCH3 is 1. The Kier molecular flexibility index (Phi) is 5.13. The number of halogens is 2. The number of nitrogens with two attached hydrogens (primary N) is 1. The van der Waals surface area contributed by atoms with Crippen molar-refractivity contribution in [3.63, 3.8) is 0 Å². The molecule has 9 nitrogen and oxygen atoms in total. The quantitative estimate of drug-likeness (QED) is 0.399. The molecule has 3 heterocycles. The van der Waals surface area contributed by atoms with Crippen LogP contribution in [0.5, 0.6) is 5.75 Å². The van der Waals surface area contributed by atoms with E-state index in [9.17, 15) is 13.6 Å². The highest BCUT2D eigenvalue weighted by Gasteiger charge is 2.27. The zero-order chi connectivity index (χ0) is 25.0. The number of benzene rings is 2. The first-order valence-corrected chi connectivity index (χ1v) is 11.5. The van der Waals surface area contributed by atoms with Gasteiger partial charge in [0.25, 0.3) is 5.56 Å². The van der Waals surface area contributed by atoms with Gasteiger partial charge in [0, 0.05) is 11.6 Å². The van der Waals surface area contributed by atoms with Crippen LogP contribution in [0.15, 0.2) is 47.5 Å². The van der Waals surface area contributed by atoms with Gasteiger partial charge in [-0.15, -0.1) is 0 Å². The molecule has 0 bridgehead atoms. The molecule has 5 aromatic rings. The molecule has 6 rings (SSSR count). The van der Waals surface area contributed by atoms with Crippen LogP contribution in [0, 0.1) is 11.6 Å². The van der Waals surface area contributed by atoms with E-state index in [0.717, 1.165) is 19.3 Å². The number of nitrogens with zero attached hydrogens (tertiary/aromatic N) is 6. The lowest BCUT2D eigenvalue weighted by Gasteiger charge is -2.29. The number of rotatable bonds is 5. The molecule has 1 aliphatic rings. The normalized spacial score (nSPS) is 13.9. The number of hydrogen-bond acceptors (Lipinski definition) is 7. The number of nitrogen functional groups attached to an aromatic ring is 1. The number of hydrogen-bond donors (Lipinski definition) is 1. The molecule has 182 valence electrons. The minimum absolute atomic E-state index is 0.0283. The Hall–Kier alpha value is -4.41. The third-order valence-corrected chi connectivity index (χ3v) is 6.67. The van der Waals surface area contributed by atoms with Gasteiger partial charge in [0.05, 0.1) is 18.0 Å². The Balaban J connectivity index is 1.55. The summed E-state index contributed by atoms with van der Waals surface area (Å²) in [5.74, 6) is -0.438. The van der Waals surface area contributed by atoms with Crippen LogP contribution in [0.3, 0.4) is 0 Å². The molecular weight excluding hydrogens is 468 g/mol. The highest BCUT2D eigenvalue weighted by Crippen LogP contribution is 2.34. The number of anilines is 1. The van der Waals surface area contributed by atoms with Crippen LogP contribution >= 0.6 is 0 Å². The van der Waals surface area contributed by atoms with E-state index in [4.69, 9.17) is 10.5 Å². The van der Waals surface area contributed by atoms with Crippen LogP contribution in [0.25, 0.3) is 33.2 Å². The van der Waals surface area contributed by atoms with Crippen LogP contribution < -0.4 is 16.0 Å². The van der Waals surface area contributed by atoms with Crippen molar-refractivity contribution in [2.45, 2.75) is 31.8 Å². The summed E-state index contributed by atoms with van der Waals surface area (Å²) in [5.41, 5.74) is 7.29. The van der Waals surface area contributed by atoms with E-state index >= 15 is 0 Å². The monoisotopic (exact) mass is 489 g/mol. The smallest absolute Gasteiger partial charge is 0.264 e. The fourth-order valence-corrected chi connectivity index (χ4v) is 4.67. The first kappa shape index (κ1) is 22.1. The SMILES string of the molecule is COc1ccc(-c2nn(Cc3nc4cccc(F)c4c(=O)n3C3CCC3)c3ncnc(N)c23)cc1F. The average Bonchev–Trinajstić information content (AvgIpc) is 3.20. The summed E-state index contributed by atoms with van der Waals surface area (Å²) in [6.45, 7) is 0.0732. The Morgan fingerprint density at radius 3 is 2.67 bits per heavy atom. The van der Waals surface area contributed by atoms with Crippen LogP contribution in [0.4, 0.5) is 14.6 Å². The molecule has 1 saturated carbocycles. The molecule has 0 amide bonds. The second kappa shape index (κ2) is 8.36. The maximum Gasteiger partial charge on any atom is 0.264 e. The fourth-order valence-electron chi connectivity index (χ4n) is 4.67. The van der Waals surface area contributed by atoms with E-state index in [1.165, 1.54) is 37.7 Å². The summed E-state index contributed by atoms with van der Waals surface area (Å²) in [6, 6.07) is 8.80. The van der Waals surface area contributed by atoms with E-state index in [-0.39, 0.29) is 35.1 Å². The van der Waals surface area contributed by atoms with Gasteiger partial charge in [-0.05, 0) is 49.6 Å². The first-order chi connectivity index (χ1) is 17.5. The van der Waals surface area contributed by atoms with Crippen molar-refractivity contribution < 1.29 is 13.5 Å². The lowest BCUT2D eigenvalue weighted by atomic mass is 9.92. The molecule has 0 aliphatic heterocycles. The van der Waals surface area contributed by atoms with Crippen LogP contribution in [-0.2, 0) is 6.54 Å². The third kappa shape index (κ3) is 3.38. The standard InChI is InChI=1S/C25H21F2N7O2/c1-36-18-9-8-13(10-16(18)27)22-21-23(28)29-12-30-24(21)33(32-22)11-19-31-17-7-3-6-15(26)20(17)25(35)34(19)14-4-2-5-14/h3,6-10,12,14H,2,4-5,11H2,1H3,(H2,28,29,30). The van der Waals surface area contributed by atoms with E-state index in [1.807, 2.05) is 0 Å². The van der Waals surface area contributed by atoms with E-state index in [1.54, 1.807) is 21.4 Å². The largest absolute Gasteiger partial charge is 0.494 e. The van der Waals surface area contributed by atoms with E-state index < -0.39 is 17.2 Å². The van der Waals surface area contributed by atoms with Gasteiger partial charge in [-0.3, -0.25) is 9.36 Å². The van der Waals surface area contributed by atoms with Crippen molar-refractivity contribution in [3.8, 4) is 17.0 Å². The summed E-state index contributed by atoms with van der Waals surface area (Å²) in [6.07, 6.45) is 3.91. The number of aromatic nitrogens is 6. The Morgan fingerprint density at radius 2 is 1.94 bits per heavy atom. The summed E-state index contributed by atoms with van der Waals surface area (Å²) in [7, 11) is 1.39. The molecule has 2 N–H and O–H groups in total. The molecule has 1 fully saturated rings. The molecule has 0 saturated heterocycles. The predicted octanol–water partition coefficient (Wildman–Crippen LogP) is 3.85. The fraction of sp³-hybridized carbons (Fsp3) is 0.240. The maximum absolute atomic E-state index is 14.6. The molecule has 2 aromatic carbocycles. The molecule has 3 aromatic heterocycles.